The van der Waals surface area contributed by atoms with E-state index in [1.807, 2.05) is 44.2 Å². The maximum absolute atomic E-state index is 13.7. The second-order valence-corrected chi connectivity index (χ2v) is 10.9. The first-order chi connectivity index (χ1) is 17.1. The maximum Gasteiger partial charge on any atom is 0.264 e. The largest absolute Gasteiger partial charge is 0.352 e. The molecule has 2 amide bonds. The summed E-state index contributed by atoms with van der Waals surface area (Å²) in [7, 11) is -4.11. The maximum atomic E-state index is 13.7. The molecule has 3 rings (SSSR count). The minimum absolute atomic E-state index is 0.0398. The number of benzene rings is 3. The van der Waals surface area contributed by atoms with Gasteiger partial charge in [0.25, 0.3) is 10.0 Å². The summed E-state index contributed by atoms with van der Waals surface area (Å²) in [5.41, 5.74) is 1.06. The van der Waals surface area contributed by atoms with E-state index in [-0.39, 0.29) is 29.1 Å². The van der Waals surface area contributed by atoms with E-state index in [1.165, 1.54) is 23.1 Å². The van der Waals surface area contributed by atoms with Crippen LogP contribution < -0.4 is 9.62 Å². The van der Waals surface area contributed by atoms with Crippen molar-refractivity contribution in [2.75, 3.05) is 10.8 Å². The van der Waals surface area contributed by atoms with Gasteiger partial charge >= 0.3 is 0 Å². The molecule has 36 heavy (non-hydrogen) atoms. The number of hydrogen-bond donors (Lipinski definition) is 1. The standard InChI is InChI=1S/C27H30ClN3O4S/c1-20(2)29-27(33)21(3)30(18-22-11-6-4-7-12-22)26(32)19-31(24-14-10-13-23(28)17-24)36(34,35)25-15-8-5-9-16-25/h4-17,20-21H,18-19H2,1-3H3,(H,29,33)/t21-/m1/s1. The van der Waals surface area contributed by atoms with Crippen LogP contribution in [-0.4, -0.2) is 43.8 Å². The average Bonchev–Trinajstić information content (AvgIpc) is 2.86. The third-order valence-electron chi connectivity index (χ3n) is 5.50. The van der Waals surface area contributed by atoms with Crippen molar-refractivity contribution in [2.45, 2.75) is 44.3 Å². The van der Waals surface area contributed by atoms with E-state index in [0.29, 0.717) is 5.02 Å². The Morgan fingerprint density at radius 3 is 2.08 bits per heavy atom. The summed E-state index contributed by atoms with van der Waals surface area (Å²) in [6.07, 6.45) is 0. The Morgan fingerprint density at radius 1 is 0.889 bits per heavy atom. The highest BCUT2D eigenvalue weighted by molar-refractivity contribution is 7.92. The van der Waals surface area contributed by atoms with Gasteiger partial charge in [-0.2, -0.15) is 0 Å². The van der Waals surface area contributed by atoms with Crippen molar-refractivity contribution in [1.29, 1.82) is 0 Å². The molecule has 0 saturated carbocycles. The molecule has 3 aromatic rings. The lowest BCUT2D eigenvalue weighted by Crippen LogP contribution is -2.52. The second-order valence-electron chi connectivity index (χ2n) is 8.65. The van der Waals surface area contributed by atoms with Gasteiger partial charge < -0.3 is 10.2 Å². The Morgan fingerprint density at radius 2 is 1.50 bits per heavy atom. The molecule has 0 heterocycles. The van der Waals surface area contributed by atoms with Crippen LogP contribution in [0.25, 0.3) is 0 Å². The number of halogens is 1. The van der Waals surface area contributed by atoms with Crippen molar-refractivity contribution < 1.29 is 18.0 Å². The molecule has 0 aliphatic heterocycles. The highest BCUT2D eigenvalue weighted by Crippen LogP contribution is 2.26. The fourth-order valence-electron chi connectivity index (χ4n) is 3.65. The molecule has 1 N–H and O–H groups in total. The molecule has 0 aliphatic carbocycles. The molecule has 0 aromatic heterocycles. The van der Waals surface area contributed by atoms with Crippen molar-refractivity contribution in [1.82, 2.24) is 10.2 Å². The average molecular weight is 528 g/mol. The molecule has 0 fully saturated rings. The lowest BCUT2D eigenvalue weighted by Gasteiger charge is -2.32. The molecule has 190 valence electrons. The minimum atomic E-state index is -4.11. The normalized spacial score (nSPS) is 12.1. The van der Waals surface area contributed by atoms with Crippen molar-refractivity contribution in [2.24, 2.45) is 0 Å². The summed E-state index contributed by atoms with van der Waals surface area (Å²) in [5, 5.41) is 3.16. The predicted molar refractivity (Wildman–Crippen MR) is 142 cm³/mol. The zero-order valence-corrected chi connectivity index (χ0v) is 22.0. The van der Waals surface area contributed by atoms with Gasteiger partial charge in [0.15, 0.2) is 0 Å². The van der Waals surface area contributed by atoms with Crippen LogP contribution in [-0.2, 0) is 26.2 Å². The number of anilines is 1. The molecule has 3 aromatic carbocycles. The molecule has 0 aliphatic rings. The number of hydrogen-bond acceptors (Lipinski definition) is 4. The molecule has 0 saturated heterocycles. The molecular weight excluding hydrogens is 498 g/mol. The van der Waals surface area contributed by atoms with Crippen LogP contribution in [0.3, 0.4) is 0 Å². The van der Waals surface area contributed by atoms with Crippen molar-refractivity contribution >= 4 is 39.1 Å². The zero-order chi connectivity index (χ0) is 26.3. The van der Waals surface area contributed by atoms with Crippen LogP contribution in [0, 0.1) is 0 Å². The number of nitrogens with one attached hydrogen (secondary N) is 1. The predicted octanol–water partition coefficient (Wildman–Crippen LogP) is 4.48. The minimum Gasteiger partial charge on any atom is -0.352 e. The third-order valence-corrected chi connectivity index (χ3v) is 7.52. The molecule has 0 bridgehead atoms. The van der Waals surface area contributed by atoms with Gasteiger partial charge in [0.2, 0.25) is 11.8 Å². The monoisotopic (exact) mass is 527 g/mol. The van der Waals surface area contributed by atoms with Crippen molar-refractivity contribution in [3.05, 3.63) is 95.5 Å². The fraction of sp³-hybridized carbons (Fsp3) is 0.259. The van der Waals surface area contributed by atoms with Gasteiger partial charge in [0.1, 0.15) is 12.6 Å². The molecule has 0 unspecified atom stereocenters. The smallest absolute Gasteiger partial charge is 0.264 e. The number of carbonyl (C=O) groups excluding carboxylic acids is 2. The second kappa shape index (κ2) is 12.1. The first-order valence-corrected chi connectivity index (χ1v) is 13.4. The SMILES string of the molecule is CC(C)NC(=O)[C@@H](C)N(Cc1ccccc1)C(=O)CN(c1cccc(Cl)c1)S(=O)(=O)c1ccccc1. The number of amides is 2. The van der Waals surface area contributed by atoms with E-state index in [2.05, 4.69) is 5.32 Å². The zero-order valence-electron chi connectivity index (χ0n) is 20.5. The first-order valence-electron chi connectivity index (χ1n) is 11.6. The summed E-state index contributed by atoms with van der Waals surface area (Å²) in [6, 6.07) is 22.5. The van der Waals surface area contributed by atoms with Crippen LogP contribution in [0.5, 0.6) is 0 Å². The Labute approximate surface area is 217 Å². The van der Waals surface area contributed by atoms with Gasteiger partial charge in [-0.05, 0) is 56.7 Å². The Balaban J connectivity index is 2.01. The van der Waals surface area contributed by atoms with E-state index >= 15 is 0 Å². The van der Waals surface area contributed by atoms with Crippen molar-refractivity contribution in [3.63, 3.8) is 0 Å². The number of nitrogens with zero attached hydrogens (tertiary/aromatic N) is 2. The van der Waals surface area contributed by atoms with Crippen LogP contribution >= 0.6 is 11.6 Å². The molecule has 9 heteroatoms. The summed E-state index contributed by atoms with van der Waals surface area (Å²) >= 11 is 6.16. The summed E-state index contributed by atoms with van der Waals surface area (Å²) < 4.78 is 28.3. The van der Waals surface area contributed by atoms with Gasteiger partial charge in [-0.25, -0.2) is 8.42 Å². The quantitative estimate of drug-likeness (QED) is 0.421. The van der Waals surface area contributed by atoms with Crippen LogP contribution in [0.2, 0.25) is 5.02 Å². The lowest BCUT2D eigenvalue weighted by molar-refractivity contribution is -0.139. The number of rotatable bonds is 10. The summed E-state index contributed by atoms with van der Waals surface area (Å²) in [4.78, 5) is 28.0. The first kappa shape index (κ1) is 27.2. The van der Waals surface area contributed by atoms with Gasteiger partial charge in [0.05, 0.1) is 10.6 Å². The Bertz CT molecular complexity index is 1280. The Hall–Kier alpha value is -3.36. The third kappa shape index (κ3) is 6.86. The summed E-state index contributed by atoms with van der Waals surface area (Å²) in [6.45, 7) is 4.93. The van der Waals surface area contributed by atoms with Gasteiger partial charge in [0, 0.05) is 17.6 Å². The van der Waals surface area contributed by atoms with Gasteiger partial charge in [-0.15, -0.1) is 0 Å². The highest BCUT2D eigenvalue weighted by Gasteiger charge is 2.32. The van der Waals surface area contributed by atoms with Crippen LogP contribution in [0.4, 0.5) is 5.69 Å². The van der Waals surface area contributed by atoms with E-state index in [4.69, 9.17) is 11.6 Å². The van der Waals surface area contributed by atoms with E-state index in [0.717, 1.165) is 9.87 Å². The lowest BCUT2D eigenvalue weighted by atomic mass is 10.1. The van der Waals surface area contributed by atoms with Crippen LogP contribution in [0.15, 0.2) is 89.8 Å². The molecule has 0 radical (unpaired) electrons. The molecule has 0 spiro atoms. The topological polar surface area (TPSA) is 86.8 Å². The summed E-state index contributed by atoms with van der Waals surface area (Å²) in [5.74, 6) is -0.848. The molecular formula is C27H30ClN3O4S. The van der Waals surface area contributed by atoms with Gasteiger partial charge in [-0.1, -0.05) is 66.2 Å². The van der Waals surface area contributed by atoms with E-state index in [9.17, 15) is 18.0 Å². The highest BCUT2D eigenvalue weighted by atomic mass is 35.5. The van der Waals surface area contributed by atoms with E-state index in [1.54, 1.807) is 43.3 Å². The van der Waals surface area contributed by atoms with Crippen molar-refractivity contribution in [3.8, 4) is 0 Å². The fourth-order valence-corrected chi connectivity index (χ4v) is 5.26. The Kier molecular flexibility index (Phi) is 9.12. The number of carbonyl (C=O) groups is 2. The molecule has 1 atom stereocenters. The van der Waals surface area contributed by atoms with Crippen LogP contribution in [0.1, 0.15) is 26.3 Å². The molecule has 7 nitrogen and oxygen atoms in total. The number of sulfonamides is 1. The van der Waals surface area contributed by atoms with Gasteiger partial charge in [-0.3, -0.25) is 13.9 Å². The van der Waals surface area contributed by atoms with E-state index < -0.39 is 28.5 Å².